The van der Waals surface area contributed by atoms with Crippen LogP contribution in [0.25, 0.3) is 11.6 Å². The highest BCUT2D eigenvalue weighted by molar-refractivity contribution is 7.71. The van der Waals surface area contributed by atoms with Gasteiger partial charge >= 0.3 is 0 Å². The first-order chi connectivity index (χ1) is 10.6. The minimum atomic E-state index is -0.186. The first kappa shape index (κ1) is 15.0. The van der Waals surface area contributed by atoms with Crippen LogP contribution in [0.4, 0.5) is 0 Å². The van der Waals surface area contributed by atoms with Crippen LogP contribution in [-0.4, -0.2) is 33.3 Å². The second-order valence-corrected chi connectivity index (χ2v) is 6.09. The van der Waals surface area contributed by atoms with Gasteiger partial charge in [-0.3, -0.25) is 4.79 Å². The van der Waals surface area contributed by atoms with Gasteiger partial charge in [0, 0.05) is 25.8 Å². The molecule has 0 saturated carbocycles. The Hall–Kier alpha value is -1.93. The molecule has 1 saturated heterocycles. The van der Waals surface area contributed by atoms with E-state index in [-0.39, 0.29) is 11.8 Å². The number of hydrogen-bond donors (Lipinski definition) is 2. The van der Waals surface area contributed by atoms with Crippen molar-refractivity contribution in [1.29, 1.82) is 0 Å². The van der Waals surface area contributed by atoms with Gasteiger partial charge in [0.15, 0.2) is 18.3 Å². The molecule has 1 amide bonds. The number of primary amides is 1. The molecule has 1 aliphatic rings. The van der Waals surface area contributed by atoms with Crippen molar-refractivity contribution in [3.8, 4) is 11.6 Å². The molecule has 2 aromatic heterocycles. The van der Waals surface area contributed by atoms with E-state index in [1.807, 2.05) is 28.4 Å². The zero-order chi connectivity index (χ0) is 15.7. The molecule has 1 fully saturated rings. The summed E-state index contributed by atoms with van der Waals surface area (Å²) in [7, 11) is 1.89. The van der Waals surface area contributed by atoms with Crippen molar-refractivity contribution in [2.24, 2.45) is 18.7 Å². The monoisotopic (exact) mass is 322 g/mol. The van der Waals surface area contributed by atoms with E-state index in [4.69, 9.17) is 22.4 Å². The van der Waals surface area contributed by atoms with Crippen LogP contribution in [0.1, 0.15) is 12.8 Å². The third kappa shape index (κ3) is 2.84. The number of carbonyl (C=O) groups is 1. The number of nitrogens with two attached hydrogens (primary N) is 1. The van der Waals surface area contributed by atoms with E-state index >= 15 is 0 Å². The van der Waals surface area contributed by atoms with Gasteiger partial charge in [-0.1, -0.05) is 0 Å². The van der Waals surface area contributed by atoms with Gasteiger partial charge in [-0.25, -0.2) is 0 Å². The van der Waals surface area contributed by atoms with Crippen LogP contribution < -0.4 is 10.6 Å². The van der Waals surface area contributed by atoms with E-state index in [0.29, 0.717) is 17.2 Å². The van der Waals surface area contributed by atoms with Gasteiger partial charge in [0.05, 0.1) is 19.4 Å². The van der Waals surface area contributed by atoms with Crippen LogP contribution in [0.3, 0.4) is 0 Å². The Morgan fingerprint density at radius 1 is 1.55 bits per heavy atom. The fourth-order valence-electron chi connectivity index (χ4n) is 2.89. The van der Waals surface area contributed by atoms with Crippen LogP contribution in [0.15, 0.2) is 22.8 Å². The van der Waals surface area contributed by atoms with Gasteiger partial charge in [0.2, 0.25) is 10.7 Å². The van der Waals surface area contributed by atoms with Crippen molar-refractivity contribution >= 4 is 18.1 Å². The molecule has 3 N–H and O–H groups in total. The average Bonchev–Trinajstić information content (AvgIpc) is 3.12. The summed E-state index contributed by atoms with van der Waals surface area (Å²) in [5.41, 5.74) is 5.37. The van der Waals surface area contributed by atoms with Crippen LogP contribution in [0.2, 0.25) is 0 Å². The molecule has 0 unspecified atom stereocenters. The highest BCUT2D eigenvalue weighted by atomic mass is 32.1. The van der Waals surface area contributed by atoms with Crippen molar-refractivity contribution in [2.45, 2.75) is 19.5 Å². The molecular formula is C14H20N5O2S+. The summed E-state index contributed by atoms with van der Waals surface area (Å²) >= 11 is 5.46. The number of furan rings is 1. The Kier molecular flexibility index (Phi) is 4.12. The van der Waals surface area contributed by atoms with Crippen LogP contribution in [0.5, 0.6) is 0 Å². The van der Waals surface area contributed by atoms with Crippen LogP contribution in [-0.2, 0) is 18.5 Å². The molecule has 0 radical (unpaired) electrons. The molecule has 0 aliphatic carbocycles. The largest absolute Gasteiger partial charge is 0.461 e. The Morgan fingerprint density at radius 3 is 2.86 bits per heavy atom. The number of amides is 1. The lowest BCUT2D eigenvalue weighted by Gasteiger charge is -2.27. The number of quaternary nitrogens is 1. The maximum Gasteiger partial charge on any atom is 0.220 e. The van der Waals surface area contributed by atoms with Gasteiger partial charge in [0.25, 0.3) is 0 Å². The summed E-state index contributed by atoms with van der Waals surface area (Å²) in [6, 6.07) is 3.70. The smallest absolute Gasteiger partial charge is 0.220 e. The number of nitrogens with one attached hydrogen (secondary N) is 1. The molecule has 0 aromatic carbocycles. The van der Waals surface area contributed by atoms with E-state index in [0.717, 1.165) is 31.8 Å². The normalized spacial score (nSPS) is 21.9. The fraction of sp³-hybridized carbons (Fsp3) is 0.500. The maximum atomic E-state index is 11.2. The zero-order valence-corrected chi connectivity index (χ0v) is 13.3. The maximum absolute atomic E-state index is 11.2. The first-order valence-electron chi connectivity index (χ1n) is 7.37. The average molecular weight is 322 g/mol. The topological polar surface area (TPSA) is 83.4 Å². The molecule has 7 nitrogen and oxygen atoms in total. The van der Waals surface area contributed by atoms with Crippen molar-refractivity contribution in [1.82, 2.24) is 14.3 Å². The number of aromatic nitrogens is 3. The Labute approximate surface area is 133 Å². The number of rotatable bonds is 4. The Balaban J connectivity index is 1.73. The first-order valence-corrected chi connectivity index (χ1v) is 7.77. The van der Waals surface area contributed by atoms with E-state index in [9.17, 15) is 4.79 Å². The summed E-state index contributed by atoms with van der Waals surface area (Å²) in [5.74, 6) is 1.25. The quantitative estimate of drug-likeness (QED) is 0.773. The van der Waals surface area contributed by atoms with Crippen LogP contribution >= 0.6 is 12.2 Å². The van der Waals surface area contributed by atoms with Gasteiger partial charge in [-0.2, -0.15) is 4.68 Å². The predicted octanol–water partition coefficient (Wildman–Crippen LogP) is -0.0512. The summed E-state index contributed by atoms with van der Waals surface area (Å²) in [6.07, 6.45) is 3.28. The van der Waals surface area contributed by atoms with E-state index in [1.54, 1.807) is 6.26 Å². The van der Waals surface area contributed by atoms with Gasteiger partial charge < -0.3 is 19.6 Å². The predicted molar refractivity (Wildman–Crippen MR) is 82.3 cm³/mol. The molecule has 0 atom stereocenters. The third-order valence-electron chi connectivity index (χ3n) is 4.25. The van der Waals surface area contributed by atoms with Gasteiger partial charge in [-0.05, 0) is 24.4 Å². The van der Waals surface area contributed by atoms with Gasteiger partial charge in [0.1, 0.15) is 0 Å². The summed E-state index contributed by atoms with van der Waals surface area (Å²) < 4.78 is 9.74. The summed E-state index contributed by atoms with van der Waals surface area (Å²) in [4.78, 5) is 12.6. The second kappa shape index (κ2) is 6.05. The molecule has 2 aromatic rings. The van der Waals surface area contributed by atoms with E-state index in [2.05, 4.69) is 5.10 Å². The number of nitrogens with zero attached hydrogens (tertiary/aromatic N) is 3. The van der Waals surface area contributed by atoms with E-state index < -0.39 is 0 Å². The number of likely N-dealkylation sites (tertiary alicyclic amines) is 1. The number of piperidine rings is 1. The third-order valence-corrected chi connectivity index (χ3v) is 4.74. The molecule has 3 heterocycles. The highest BCUT2D eigenvalue weighted by Crippen LogP contribution is 2.17. The SMILES string of the molecule is Cn1c(-c2ccco2)nn(C[NH+]2CCC(C(N)=O)CC2)c1=S. The molecular weight excluding hydrogens is 302 g/mol. The molecule has 118 valence electrons. The lowest BCUT2D eigenvalue weighted by atomic mass is 9.97. The molecule has 0 spiro atoms. The van der Waals surface area contributed by atoms with Crippen molar-refractivity contribution in [3.05, 3.63) is 23.2 Å². The van der Waals surface area contributed by atoms with Crippen molar-refractivity contribution in [2.75, 3.05) is 13.1 Å². The molecule has 3 rings (SSSR count). The fourth-order valence-corrected chi connectivity index (χ4v) is 3.08. The molecule has 22 heavy (non-hydrogen) atoms. The van der Waals surface area contributed by atoms with Gasteiger partial charge in [-0.15, -0.1) is 5.10 Å². The van der Waals surface area contributed by atoms with Crippen LogP contribution in [0, 0.1) is 10.7 Å². The standard InChI is InChI=1S/C14H19N5O2S/c1-17-13(11-3-2-8-21-11)16-19(14(17)22)9-18-6-4-10(5-7-18)12(15)20/h2-3,8,10H,4-7,9H2,1H3,(H2,15,20)/p+1. The lowest BCUT2D eigenvalue weighted by molar-refractivity contribution is -0.928. The van der Waals surface area contributed by atoms with Crippen molar-refractivity contribution in [3.63, 3.8) is 0 Å². The molecule has 8 heteroatoms. The summed E-state index contributed by atoms with van der Waals surface area (Å²) in [5, 5.41) is 4.57. The molecule has 1 aliphatic heterocycles. The lowest BCUT2D eigenvalue weighted by Crippen LogP contribution is -3.12. The minimum Gasteiger partial charge on any atom is -0.461 e. The minimum absolute atomic E-state index is 0.0131. The Bertz CT molecular complexity index is 710. The second-order valence-electron chi connectivity index (χ2n) is 5.73. The molecule has 0 bridgehead atoms. The number of carbonyl (C=O) groups excluding carboxylic acids is 1. The number of hydrogen-bond acceptors (Lipinski definition) is 4. The summed E-state index contributed by atoms with van der Waals surface area (Å²) in [6.45, 7) is 2.50. The highest BCUT2D eigenvalue weighted by Gasteiger charge is 2.26. The Morgan fingerprint density at radius 2 is 2.27 bits per heavy atom. The van der Waals surface area contributed by atoms with Crippen molar-refractivity contribution < 1.29 is 14.1 Å². The zero-order valence-electron chi connectivity index (χ0n) is 12.5. The van der Waals surface area contributed by atoms with E-state index in [1.165, 1.54) is 4.90 Å².